The van der Waals surface area contributed by atoms with Crippen molar-refractivity contribution in [2.45, 2.75) is 19.0 Å². The lowest BCUT2D eigenvalue weighted by Crippen LogP contribution is -2.22. The number of allylic oxidation sites excluding steroid dienone is 2. The van der Waals surface area contributed by atoms with Crippen molar-refractivity contribution in [1.29, 1.82) is 5.41 Å². The molecule has 1 rings (SSSR count). The molecule has 3 N–H and O–H groups in total. The zero-order chi connectivity index (χ0) is 14.6. The maximum atomic E-state index is 12.4. The van der Waals surface area contributed by atoms with Crippen LogP contribution in [0, 0.1) is 5.41 Å². The molecule has 3 nitrogen and oxygen atoms in total. The molecule has 0 bridgehead atoms. The lowest BCUT2D eigenvalue weighted by atomic mass is 10.0. The Bertz CT molecular complexity index is 492. The minimum atomic E-state index is -4.65. The van der Waals surface area contributed by atoms with Crippen LogP contribution in [-0.4, -0.2) is 17.4 Å². The number of nitrogens with one attached hydrogen (secondary N) is 1. The number of alkyl halides is 3. The molecule has 0 amide bonds. The van der Waals surface area contributed by atoms with E-state index in [-0.39, 0.29) is 28.5 Å². The van der Waals surface area contributed by atoms with Crippen LogP contribution < -0.4 is 5.73 Å². The minimum absolute atomic E-state index is 0.0850. The lowest BCUT2D eigenvalue weighted by Gasteiger charge is -2.12. The van der Waals surface area contributed by atoms with Crippen LogP contribution in [0.1, 0.15) is 12.0 Å². The summed E-state index contributed by atoms with van der Waals surface area (Å²) in [6.07, 6.45) is -1.31. The third-order valence-corrected chi connectivity index (χ3v) is 3.07. The summed E-state index contributed by atoms with van der Waals surface area (Å²) in [5.41, 5.74) is 3.87. The van der Waals surface area contributed by atoms with E-state index in [0.717, 1.165) is 0 Å². The number of nitrogens with two attached hydrogens (primary N) is 1. The van der Waals surface area contributed by atoms with Gasteiger partial charge in [-0.25, -0.2) is 0 Å². The largest absolute Gasteiger partial charge is 0.431 e. The maximum absolute atomic E-state index is 12.4. The number of rotatable bonds is 4. The first-order valence-corrected chi connectivity index (χ1v) is 5.87. The van der Waals surface area contributed by atoms with Crippen LogP contribution >= 0.6 is 23.2 Å². The molecule has 19 heavy (non-hydrogen) atoms. The molecular formula is C11H10Cl2F3N3. The molecule has 0 saturated carbocycles. The predicted octanol–water partition coefficient (Wildman–Crippen LogP) is 3.75. The molecule has 0 aliphatic rings. The molecule has 0 aliphatic heterocycles. The summed E-state index contributed by atoms with van der Waals surface area (Å²) < 4.78 is 37.3. The fraction of sp³-hybridized carbons (Fsp3) is 0.273. The topological polar surface area (TPSA) is 62.8 Å². The van der Waals surface area contributed by atoms with Crippen LogP contribution in [0.25, 0.3) is 0 Å². The number of pyridine rings is 1. The molecule has 0 unspecified atom stereocenters. The highest BCUT2D eigenvalue weighted by Crippen LogP contribution is 2.28. The van der Waals surface area contributed by atoms with Gasteiger partial charge in [0.05, 0.1) is 10.0 Å². The zero-order valence-electron chi connectivity index (χ0n) is 9.56. The molecule has 0 aromatic carbocycles. The summed E-state index contributed by atoms with van der Waals surface area (Å²) in [6, 6.07) is 0. The van der Waals surface area contributed by atoms with E-state index >= 15 is 0 Å². The van der Waals surface area contributed by atoms with E-state index in [1.54, 1.807) is 0 Å². The van der Waals surface area contributed by atoms with E-state index in [4.69, 9.17) is 34.3 Å². The Hall–Kier alpha value is -1.27. The Labute approximate surface area is 117 Å². The van der Waals surface area contributed by atoms with Gasteiger partial charge in [-0.1, -0.05) is 23.2 Å². The Morgan fingerprint density at radius 2 is 1.84 bits per heavy atom. The van der Waals surface area contributed by atoms with Crippen molar-refractivity contribution < 1.29 is 13.2 Å². The highest BCUT2D eigenvalue weighted by Gasteiger charge is 2.33. The van der Waals surface area contributed by atoms with Gasteiger partial charge in [0.1, 0.15) is 5.70 Å². The average Bonchev–Trinajstić information content (AvgIpc) is 2.31. The van der Waals surface area contributed by atoms with Crippen LogP contribution in [0.15, 0.2) is 23.7 Å². The molecule has 0 spiro atoms. The van der Waals surface area contributed by atoms with E-state index in [1.807, 2.05) is 0 Å². The predicted molar refractivity (Wildman–Crippen MR) is 68.6 cm³/mol. The van der Waals surface area contributed by atoms with Gasteiger partial charge in [0.25, 0.3) is 0 Å². The average molecular weight is 312 g/mol. The third kappa shape index (κ3) is 4.11. The van der Waals surface area contributed by atoms with E-state index in [1.165, 1.54) is 12.4 Å². The molecular weight excluding hydrogens is 302 g/mol. The van der Waals surface area contributed by atoms with Crippen molar-refractivity contribution in [3.05, 3.63) is 39.3 Å². The van der Waals surface area contributed by atoms with Crippen LogP contribution in [0.4, 0.5) is 13.2 Å². The lowest BCUT2D eigenvalue weighted by molar-refractivity contribution is -0.0932. The van der Waals surface area contributed by atoms with Gasteiger partial charge in [0.15, 0.2) is 0 Å². The number of hydrogen-bond donors (Lipinski definition) is 2. The molecule has 8 heteroatoms. The monoisotopic (exact) mass is 311 g/mol. The quantitative estimate of drug-likeness (QED) is 0.832. The summed E-state index contributed by atoms with van der Waals surface area (Å²) in [6.45, 7) is 0. The first kappa shape index (κ1) is 15.8. The van der Waals surface area contributed by atoms with Gasteiger partial charge in [-0.05, 0) is 24.0 Å². The first-order chi connectivity index (χ1) is 8.77. The van der Waals surface area contributed by atoms with Gasteiger partial charge < -0.3 is 11.1 Å². The van der Waals surface area contributed by atoms with E-state index in [9.17, 15) is 13.2 Å². The van der Waals surface area contributed by atoms with Gasteiger partial charge in [0, 0.05) is 18.6 Å². The van der Waals surface area contributed by atoms with Crippen molar-refractivity contribution in [2.24, 2.45) is 5.73 Å². The third-order valence-electron chi connectivity index (χ3n) is 2.42. The Morgan fingerprint density at radius 1 is 1.32 bits per heavy atom. The molecule has 1 aromatic rings. The number of halogens is 5. The number of aromatic nitrogens is 1. The van der Waals surface area contributed by atoms with Gasteiger partial charge in [-0.15, -0.1) is 0 Å². The Kier molecular flexibility index (Phi) is 5.20. The van der Waals surface area contributed by atoms with Gasteiger partial charge >= 0.3 is 6.18 Å². The Morgan fingerprint density at radius 3 is 2.26 bits per heavy atom. The standard InChI is InChI=1S/C11H10Cl2F3N3/c12-8-4-19-5-9(13)7(8)2-1-6(3-17)10(18)11(14,15)16/h3-5,17H,1-2,18H2/b10-6-,17-3?. The van der Waals surface area contributed by atoms with E-state index in [0.29, 0.717) is 11.8 Å². The molecule has 104 valence electrons. The first-order valence-electron chi connectivity index (χ1n) is 5.11. The van der Waals surface area contributed by atoms with Crippen molar-refractivity contribution in [3.8, 4) is 0 Å². The van der Waals surface area contributed by atoms with Crippen LogP contribution in [0.5, 0.6) is 0 Å². The van der Waals surface area contributed by atoms with E-state index in [2.05, 4.69) is 4.98 Å². The van der Waals surface area contributed by atoms with Crippen molar-refractivity contribution in [1.82, 2.24) is 4.98 Å². The zero-order valence-corrected chi connectivity index (χ0v) is 11.1. The van der Waals surface area contributed by atoms with Crippen LogP contribution in [0.3, 0.4) is 0 Å². The second-order valence-corrected chi connectivity index (χ2v) is 4.48. The fourth-order valence-corrected chi connectivity index (χ4v) is 1.96. The normalized spacial score (nSPS) is 13.1. The molecule has 0 fully saturated rings. The van der Waals surface area contributed by atoms with Gasteiger partial charge in [-0.2, -0.15) is 13.2 Å². The van der Waals surface area contributed by atoms with Crippen molar-refractivity contribution in [2.75, 3.05) is 0 Å². The summed E-state index contributed by atoms with van der Waals surface area (Å²) >= 11 is 11.7. The summed E-state index contributed by atoms with van der Waals surface area (Å²) in [5.74, 6) is 0. The molecule has 0 saturated heterocycles. The smallest absolute Gasteiger partial charge is 0.394 e. The summed E-state index contributed by atoms with van der Waals surface area (Å²) in [5, 5.41) is 7.53. The molecule has 0 atom stereocenters. The van der Waals surface area contributed by atoms with Crippen molar-refractivity contribution in [3.63, 3.8) is 0 Å². The van der Waals surface area contributed by atoms with Crippen LogP contribution in [0.2, 0.25) is 10.0 Å². The molecule has 0 aliphatic carbocycles. The molecule has 1 aromatic heterocycles. The van der Waals surface area contributed by atoms with Crippen LogP contribution in [-0.2, 0) is 6.42 Å². The van der Waals surface area contributed by atoms with Gasteiger partial charge in [-0.3, -0.25) is 4.98 Å². The molecule has 0 radical (unpaired) electrons. The minimum Gasteiger partial charge on any atom is -0.394 e. The fourth-order valence-electron chi connectivity index (χ4n) is 1.40. The highest BCUT2D eigenvalue weighted by atomic mass is 35.5. The Balaban J connectivity index is 2.94. The summed E-state index contributed by atoms with van der Waals surface area (Å²) in [7, 11) is 0. The number of nitrogens with zero attached hydrogens (tertiary/aromatic N) is 1. The summed E-state index contributed by atoms with van der Waals surface area (Å²) in [4.78, 5) is 3.74. The van der Waals surface area contributed by atoms with Gasteiger partial charge in [0.2, 0.25) is 0 Å². The van der Waals surface area contributed by atoms with Crippen molar-refractivity contribution >= 4 is 29.4 Å². The second-order valence-electron chi connectivity index (χ2n) is 3.66. The molecule has 1 heterocycles. The SMILES string of the molecule is N=C/C(CCc1c(Cl)cncc1Cl)=C(\N)C(F)(F)F. The van der Waals surface area contributed by atoms with E-state index < -0.39 is 11.9 Å². The highest BCUT2D eigenvalue weighted by molar-refractivity contribution is 6.35. The second kappa shape index (κ2) is 6.25. The number of hydrogen-bond acceptors (Lipinski definition) is 3. The maximum Gasteiger partial charge on any atom is 0.431 e.